The normalized spacial score (nSPS) is 11.8. The monoisotopic (exact) mass is 258 g/mol. The molecule has 0 heterocycles. The van der Waals surface area contributed by atoms with Crippen molar-refractivity contribution in [3.8, 4) is 0 Å². The second-order valence-electron chi connectivity index (χ2n) is 3.54. The van der Waals surface area contributed by atoms with Crippen molar-refractivity contribution in [3.05, 3.63) is 29.0 Å². The van der Waals surface area contributed by atoms with Gasteiger partial charge in [-0.05, 0) is 25.1 Å². The minimum atomic E-state index is -0.670. The van der Waals surface area contributed by atoms with Crippen LogP contribution in [0.3, 0.4) is 0 Å². The Labute approximate surface area is 103 Å². The van der Waals surface area contributed by atoms with E-state index in [1.165, 1.54) is 19.1 Å². The summed E-state index contributed by atoms with van der Waals surface area (Å²) in [6, 6.07) is 3.17. The highest BCUT2D eigenvalue weighted by molar-refractivity contribution is 6.31. The molecular weight excluding hydrogens is 247 g/mol. The van der Waals surface area contributed by atoms with Gasteiger partial charge in [-0.3, -0.25) is 9.59 Å². The Morgan fingerprint density at radius 2 is 2.06 bits per heavy atom. The quantitative estimate of drug-likeness (QED) is 0.871. The van der Waals surface area contributed by atoms with Crippen molar-refractivity contribution in [2.45, 2.75) is 19.9 Å². The first-order valence-corrected chi connectivity index (χ1v) is 5.31. The molecule has 0 spiro atoms. The van der Waals surface area contributed by atoms with Crippen molar-refractivity contribution in [2.75, 3.05) is 5.32 Å². The summed E-state index contributed by atoms with van der Waals surface area (Å²) in [7, 11) is 0. The minimum Gasteiger partial charge on any atom is -0.345 e. The number of nitrogens with one attached hydrogen (secondary N) is 2. The fourth-order valence-electron chi connectivity index (χ4n) is 1.19. The molecule has 4 nitrogen and oxygen atoms in total. The molecule has 0 saturated carbocycles. The number of carbonyl (C=O) groups excluding carboxylic acids is 2. The molecule has 0 aliphatic rings. The van der Waals surface area contributed by atoms with Gasteiger partial charge in [0.25, 0.3) is 0 Å². The van der Waals surface area contributed by atoms with Crippen LogP contribution in [0.5, 0.6) is 0 Å². The molecule has 0 aromatic heterocycles. The van der Waals surface area contributed by atoms with Gasteiger partial charge in [0.1, 0.15) is 11.9 Å². The van der Waals surface area contributed by atoms with E-state index in [-0.39, 0.29) is 10.9 Å². The first-order chi connectivity index (χ1) is 7.90. The smallest absolute Gasteiger partial charge is 0.246 e. The lowest BCUT2D eigenvalue weighted by atomic mass is 10.2. The number of rotatable bonds is 3. The Kier molecular flexibility index (Phi) is 4.45. The third-order valence-corrected chi connectivity index (χ3v) is 2.29. The van der Waals surface area contributed by atoms with E-state index < -0.39 is 17.8 Å². The van der Waals surface area contributed by atoms with Gasteiger partial charge in [-0.25, -0.2) is 4.39 Å². The van der Waals surface area contributed by atoms with Crippen LogP contribution in [0, 0.1) is 5.82 Å². The van der Waals surface area contributed by atoms with Crippen LogP contribution in [0.4, 0.5) is 10.1 Å². The molecule has 92 valence electrons. The molecule has 2 amide bonds. The van der Waals surface area contributed by atoms with Gasteiger partial charge in [0.2, 0.25) is 11.8 Å². The molecule has 0 fully saturated rings. The highest BCUT2D eigenvalue weighted by Gasteiger charge is 2.14. The summed E-state index contributed by atoms with van der Waals surface area (Å²) >= 11 is 5.57. The largest absolute Gasteiger partial charge is 0.345 e. The molecular formula is C11H12ClFN2O2. The Bertz CT molecular complexity index is 451. The number of carbonyl (C=O) groups is 2. The first-order valence-electron chi connectivity index (χ1n) is 4.93. The van der Waals surface area contributed by atoms with Crippen molar-refractivity contribution in [2.24, 2.45) is 0 Å². The SMILES string of the molecule is CC(=O)N[C@@H](C)C(=O)Nc1ccc(F)c(Cl)c1. The maximum atomic E-state index is 12.9. The van der Waals surface area contributed by atoms with Gasteiger partial charge in [-0.1, -0.05) is 11.6 Å². The summed E-state index contributed by atoms with van der Waals surface area (Å²) in [6.45, 7) is 2.86. The van der Waals surface area contributed by atoms with E-state index in [0.29, 0.717) is 5.69 Å². The van der Waals surface area contributed by atoms with Crippen molar-refractivity contribution < 1.29 is 14.0 Å². The molecule has 1 aromatic carbocycles. The molecule has 0 radical (unpaired) electrons. The lowest BCUT2D eigenvalue weighted by Crippen LogP contribution is -2.40. The number of hydrogen-bond donors (Lipinski definition) is 2. The number of halogens is 2. The number of amides is 2. The van der Waals surface area contributed by atoms with Crippen molar-refractivity contribution in [1.29, 1.82) is 0 Å². The van der Waals surface area contributed by atoms with Crippen molar-refractivity contribution in [1.82, 2.24) is 5.32 Å². The van der Waals surface area contributed by atoms with Crippen LogP contribution in [0.15, 0.2) is 18.2 Å². The van der Waals surface area contributed by atoms with Gasteiger partial charge in [0.15, 0.2) is 0 Å². The number of anilines is 1. The molecule has 1 rings (SSSR count). The summed E-state index contributed by atoms with van der Waals surface area (Å²) in [5.74, 6) is -1.26. The average Bonchev–Trinajstić information content (AvgIpc) is 2.22. The fourth-order valence-corrected chi connectivity index (χ4v) is 1.38. The predicted molar refractivity (Wildman–Crippen MR) is 63.3 cm³/mol. The molecule has 2 N–H and O–H groups in total. The molecule has 0 aliphatic carbocycles. The lowest BCUT2D eigenvalue weighted by Gasteiger charge is -2.12. The second-order valence-corrected chi connectivity index (χ2v) is 3.95. The average molecular weight is 259 g/mol. The summed E-state index contributed by atoms with van der Waals surface area (Å²) in [5, 5.41) is 4.87. The van der Waals surface area contributed by atoms with E-state index in [0.717, 1.165) is 6.07 Å². The van der Waals surface area contributed by atoms with Crippen LogP contribution in [0.25, 0.3) is 0 Å². The van der Waals surface area contributed by atoms with Crippen LogP contribution < -0.4 is 10.6 Å². The fraction of sp³-hybridized carbons (Fsp3) is 0.273. The molecule has 17 heavy (non-hydrogen) atoms. The van der Waals surface area contributed by atoms with Gasteiger partial charge in [-0.15, -0.1) is 0 Å². The molecule has 0 aliphatic heterocycles. The molecule has 0 saturated heterocycles. The van der Waals surface area contributed by atoms with E-state index in [1.807, 2.05) is 0 Å². The predicted octanol–water partition coefficient (Wildman–Crippen LogP) is 1.94. The summed E-state index contributed by atoms with van der Waals surface area (Å²) in [4.78, 5) is 22.3. The third kappa shape index (κ3) is 4.03. The Morgan fingerprint density at radius 3 is 2.59 bits per heavy atom. The first kappa shape index (κ1) is 13.4. The van der Waals surface area contributed by atoms with Gasteiger partial charge < -0.3 is 10.6 Å². The zero-order chi connectivity index (χ0) is 13.0. The van der Waals surface area contributed by atoms with Crippen LogP contribution in [0.2, 0.25) is 5.02 Å². The number of benzene rings is 1. The number of hydrogen-bond acceptors (Lipinski definition) is 2. The standard InChI is InChI=1S/C11H12ClFN2O2/c1-6(14-7(2)16)11(17)15-8-3-4-10(13)9(12)5-8/h3-6H,1-2H3,(H,14,16)(H,15,17)/t6-/m0/s1. The molecule has 1 aromatic rings. The Balaban J connectivity index is 2.67. The summed E-state index contributed by atoms with van der Waals surface area (Å²) < 4.78 is 12.9. The second kappa shape index (κ2) is 5.63. The Morgan fingerprint density at radius 1 is 1.41 bits per heavy atom. The maximum Gasteiger partial charge on any atom is 0.246 e. The molecule has 6 heteroatoms. The van der Waals surface area contributed by atoms with E-state index in [2.05, 4.69) is 10.6 Å². The van der Waals surface area contributed by atoms with Crippen molar-refractivity contribution >= 4 is 29.1 Å². The van der Waals surface area contributed by atoms with Crippen LogP contribution in [-0.4, -0.2) is 17.9 Å². The van der Waals surface area contributed by atoms with E-state index >= 15 is 0 Å². The van der Waals surface area contributed by atoms with Gasteiger partial charge >= 0.3 is 0 Å². The van der Waals surface area contributed by atoms with Gasteiger partial charge in [0.05, 0.1) is 5.02 Å². The highest BCUT2D eigenvalue weighted by Crippen LogP contribution is 2.19. The zero-order valence-electron chi connectivity index (χ0n) is 9.38. The van der Waals surface area contributed by atoms with Gasteiger partial charge in [-0.2, -0.15) is 0 Å². The minimum absolute atomic E-state index is 0.0741. The topological polar surface area (TPSA) is 58.2 Å². The van der Waals surface area contributed by atoms with E-state index in [1.54, 1.807) is 6.92 Å². The van der Waals surface area contributed by atoms with Crippen LogP contribution in [0.1, 0.15) is 13.8 Å². The van der Waals surface area contributed by atoms with Crippen LogP contribution in [-0.2, 0) is 9.59 Å². The molecule has 0 bridgehead atoms. The van der Waals surface area contributed by atoms with E-state index in [9.17, 15) is 14.0 Å². The van der Waals surface area contributed by atoms with Crippen molar-refractivity contribution in [3.63, 3.8) is 0 Å². The highest BCUT2D eigenvalue weighted by atomic mass is 35.5. The van der Waals surface area contributed by atoms with Crippen LogP contribution >= 0.6 is 11.6 Å². The molecule has 0 unspecified atom stereocenters. The summed E-state index contributed by atoms with van der Waals surface area (Å²) in [5.41, 5.74) is 0.374. The Hall–Kier alpha value is -1.62. The lowest BCUT2D eigenvalue weighted by molar-refractivity contribution is -0.124. The summed E-state index contributed by atoms with van der Waals surface area (Å²) in [6.07, 6.45) is 0. The van der Waals surface area contributed by atoms with Gasteiger partial charge in [0, 0.05) is 12.6 Å². The third-order valence-electron chi connectivity index (χ3n) is 2.00. The molecule has 1 atom stereocenters. The maximum absolute atomic E-state index is 12.9. The zero-order valence-corrected chi connectivity index (χ0v) is 10.1. The van der Waals surface area contributed by atoms with E-state index in [4.69, 9.17) is 11.6 Å².